The number of nitrogens with zero attached hydrogens (tertiary/aromatic N) is 1. The van der Waals surface area contributed by atoms with Crippen LogP contribution < -0.4 is 4.87 Å². The Labute approximate surface area is 129 Å². The van der Waals surface area contributed by atoms with Crippen molar-refractivity contribution in [2.24, 2.45) is 0 Å². The quantitative estimate of drug-likeness (QED) is 0.698. The Kier molecular flexibility index (Phi) is 3.77. The molecule has 0 fully saturated rings. The van der Waals surface area contributed by atoms with Crippen LogP contribution >= 0.6 is 11.3 Å². The highest BCUT2D eigenvalue weighted by Gasteiger charge is 2.27. The summed E-state index contributed by atoms with van der Waals surface area (Å²) in [7, 11) is 1.26. The molecule has 0 spiro atoms. The van der Waals surface area contributed by atoms with Crippen LogP contribution in [0.1, 0.15) is 11.6 Å². The van der Waals surface area contributed by atoms with Gasteiger partial charge in [-0.3, -0.25) is 9.36 Å². The van der Waals surface area contributed by atoms with Crippen molar-refractivity contribution in [1.29, 1.82) is 0 Å². The van der Waals surface area contributed by atoms with Crippen LogP contribution in [-0.2, 0) is 9.53 Å². The largest absolute Gasteiger partial charge is 0.467 e. The van der Waals surface area contributed by atoms with Gasteiger partial charge in [-0.15, -0.1) is 0 Å². The van der Waals surface area contributed by atoms with E-state index in [0.29, 0.717) is 11.1 Å². The van der Waals surface area contributed by atoms with Crippen LogP contribution in [-0.4, -0.2) is 17.6 Å². The first kappa shape index (κ1) is 14.5. The summed E-state index contributed by atoms with van der Waals surface area (Å²) in [4.78, 5) is 24.3. The number of methoxy groups -OCH3 is 1. The number of aromatic nitrogens is 1. The Morgan fingerprint density at radius 2 is 1.86 bits per heavy atom. The summed E-state index contributed by atoms with van der Waals surface area (Å²) in [6, 6.07) is 11.7. The predicted molar refractivity (Wildman–Crippen MR) is 82.6 cm³/mol. The third-order valence-electron chi connectivity index (χ3n) is 3.39. The van der Waals surface area contributed by atoms with E-state index in [2.05, 4.69) is 0 Å². The molecule has 0 aliphatic heterocycles. The first-order valence-corrected chi connectivity index (χ1v) is 7.37. The molecular weight excluding hydrogens is 305 g/mol. The van der Waals surface area contributed by atoms with Crippen molar-refractivity contribution >= 4 is 27.5 Å². The highest BCUT2D eigenvalue weighted by atomic mass is 32.1. The average molecular weight is 317 g/mol. The summed E-state index contributed by atoms with van der Waals surface area (Å²) in [5.41, 5.74) is 1.15. The first-order valence-electron chi connectivity index (χ1n) is 6.55. The number of hydrogen-bond acceptors (Lipinski definition) is 4. The number of halogens is 1. The molecule has 0 amide bonds. The lowest BCUT2D eigenvalue weighted by atomic mass is 10.1. The number of rotatable bonds is 3. The van der Waals surface area contributed by atoms with Crippen LogP contribution in [0.2, 0.25) is 0 Å². The molecule has 0 saturated heterocycles. The topological polar surface area (TPSA) is 48.3 Å². The van der Waals surface area contributed by atoms with Gasteiger partial charge in [0.25, 0.3) is 0 Å². The maximum atomic E-state index is 13.1. The van der Waals surface area contributed by atoms with E-state index < -0.39 is 17.8 Å². The second-order valence-electron chi connectivity index (χ2n) is 4.68. The third-order valence-corrected chi connectivity index (χ3v) is 4.32. The van der Waals surface area contributed by atoms with E-state index in [1.807, 2.05) is 12.1 Å². The van der Waals surface area contributed by atoms with Crippen molar-refractivity contribution in [3.05, 3.63) is 69.6 Å². The van der Waals surface area contributed by atoms with Crippen LogP contribution in [0.5, 0.6) is 0 Å². The molecule has 3 rings (SSSR count). The molecule has 0 aliphatic carbocycles. The number of carbonyl (C=O) groups excluding carboxylic acids is 1. The van der Waals surface area contributed by atoms with Crippen molar-refractivity contribution in [2.75, 3.05) is 7.11 Å². The molecular formula is C16H12FNO3S. The van der Waals surface area contributed by atoms with E-state index in [1.54, 1.807) is 12.1 Å². The second-order valence-corrected chi connectivity index (χ2v) is 5.68. The molecule has 3 aromatic rings. The van der Waals surface area contributed by atoms with Gasteiger partial charge in [0.15, 0.2) is 6.04 Å². The van der Waals surface area contributed by atoms with Crippen molar-refractivity contribution in [3.63, 3.8) is 0 Å². The van der Waals surface area contributed by atoms with E-state index in [4.69, 9.17) is 4.74 Å². The second kappa shape index (κ2) is 5.73. The lowest BCUT2D eigenvalue weighted by Gasteiger charge is -2.17. The fourth-order valence-corrected chi connectivity index (χ4v) is 3.28. The van der Waals surface area contributed by atoms with Gasteiger partial charge in [-0.1, -0.05) is 35.6 Å². The number of esters is 1. The fourth-order valence-electron chi connectivity index (χ4n) is 2.38. The summed E-state index contributed by atoms with van der Waals surface area (Å²) in [5, 5.41) is 0. The fraction of sp³-hybridized carbons (Fsp3) is 0.125. The van der Waals surface area contributed by atoms with E-state index in [1.165, 1.54) is 35.9 Å². The van der Waals surface area contributed by atoms with Crippen LogP contribution in [0.25, 0.3) is 10.2 Å². The maximum absolute atomic E-state index is 13.1. The smallest absolute Gasteiger partial charge is 0.333 e. The summed E-state index contributed by atoms with van der Waals surface area (Å²) in [6.07, 6.45) is 0. The molecule has 1 heterocycles. The Hall–Kier alpha value is -2.47. The lowest BCUT2D eigenvalue weighted by molar-refractivity contribution is -0.143. The van der Waals surface area contributed by atoms with Crippen LogP contribution in [0, 0.1) is 5.82 Å². The van der Waals surface area contributed by atoms with Gasteiger partial charge in [-0.2, -0.15) is 0 Å². The molecule has 1 atom stereocenters. The Morgan fingerprint density at radius 1 is 1.18 bits per heavy atom. The molecule has 4 nitrogen and oxygen atoms in total. The molecule has 112 valence electrons. The predicted octanol–water partition coefficient (Wildman–Crippen LogP) is 2.96. The zero-order valence-corrected chi connectivity index (χ0v) is 12.5. The van der Waals surface area contributed by atoms with Gasteiger partial charge < -0.3 is 4.74 Å². The number of fused-ring (bicyclic) bond motifs is 1. The maximum Gasteiger partial charge on any atom is 0.333 e. The number of benzene rings is 2. The number of hydrogen-bond donors (Lipinski definition) is 0. The standard InChI is InChI=1S/C16H12FNO3S/c1-21-15(19)14(10-6-8-11(17)9-7-10)18-12-4-2-3-5-13(12)22-16(18)20/h2-9,14H,1H3/t14-/m0/s1. The molecule has 0 aliphatic rings. The minimum Gasteiger partial charge on any atom is -0.467 e. The Morgan fingerprint density at radius 3 is 2.55 bits per heavy atom. The van der Waals surface area contributed by atoms with E-state index in [9.17, 15) is 14.0 Å². The first-order chi connectivity index (χ1) is 10.6. The molecule has 0 radical (unpaired) electrons. The van der Waals surface area contributed by atoms with Gasteiger partial charge in [-0.05, 0) is 29.8 Å². The zero-order chi connectivity index (χ0) is 15.7. The van der Waals surface area contributed by atoms with Crippen molar-refractivity contribution in [2.45, 2.75) is 6.04 Å². The average Bonchev–Trinajstić information content (AvgIpc) is 2.85. The highest BCUT2D eigenvalue weighted by molar-refractivity contribution is 7.16. The molecule has 6 heteroatoms. The van der Waals surface area contributed by atoms with Crippen molar-refractivity contribution < 1.29 is 13.9 Å². The Balaban J connectivity index is 2.25. The molecule has 0 unspecified atom stereocenters. The summed E-state index contributed by atoms with van der Waals surface area (Å²) in [6.45, 7) is 0. The minimum absolute atomic E-state index is 0.263. The minimum atomic E-state index is -0.936. The van der Waals surface area contributed by atoms with Gasteiger partial charge in [0.1, 0.15) is 5.82 Å². The number of ether oxygens (including phenoxy) is 1. The normalized spacial score (nSPS) is 12.3. The lowest BCUT2D eigenvalue weighted by Crippen LogP contribution is -2.28. The van der Waals surface area contributed by atoms with Gasteiger partial charge in [-0.25, -0.2) is 9.18 Å². The van der Waals surface area contributed by atoms with Crippen LogP contribution in [0.15, 0.2) is 53.3 Å². The molecule has 0 saturated carbocycles. The van der Waals surface area contributed by atoms with Gasteiger partial charge in [0, 0.05) is 0 Å². The Bertz CT molecular complexity index is 882. The zero-order valence-electron chi connectivity index (χ0n) is 11.7. The van der Waals surface area contributed by atoms with Gasteiger partial charge in [0.2, 0.25) is 0 Å². The van der Waals surface area contributed by atoms with E-state index in [-0.39, 0.29) is 4.87 Å². The molecule has 0 bridgehead atoms. The van der Waals surface area contributed by atoms with Crippen LogP contribution in [0.4, 0.5) is 4.39 Å². The summed E-state index contributed by atoms with van der Waals surface area (Å²) in [5.74, 6) is -0.979. The molecule has 1 aromatic heterocycles. The summed E-state index contributed by atoms with van der Waals surface area (Å²) < 4.78 is 20.1. The highest BCUT2D eigenvalue weighted by Crippen LogP contribution is 2.26. The SMILES string of the molecule is COC(=O)[C@H](c1ccc(F)cc1)n1c(=O)sc2ccccc21. The number of carbonyl (C=O) groups is 1. The van der Waals surface area contributed by atoms with E-state index >= 15 is 0 Å². The summed E-state index contributed by atoms with van der Waals surface area (Å²) >= 11 is 1.06. The van der Waals surface area contributed by atoms with Crippen LogP contribution in [0.3, 0.4) is 0 Å². The number of para-hydroxylation sites is 1. The van der Waals surface area contributed by atoms with E-state index in [0.717, 1.165) is 16.0 Å². The van der Waals surface area contributed by atoms with Crippen molar-refractivity contribution in [1.82, 2.24) is 4.57 Å². The molecule has 22 heavy (non-hydrogen) atoms. The molecule has 0 N–H and O–H groups in total. The van der Waals surface area contributed by atoms with Crippen molar-refractivity contribution in [3.8, 4) is 0 Å². The number of thiazole rings is 1. The van der Waals surface area contributed by atoms with Gasteiger partial charge in [0.05, 0.1) is 17.3 Å². The van der Waals surface area contributed by atoms with Gasteiger partial charge >= 0.3 is 10.8 Å². The molecule has 2 aromatic carbocycles. The monoisotopic (exact) mass is 317 g/mol. The third kappa shape index (κ3) is 2.42.